The summed E-state index contributed by atoms with van der Waals surface area (Å²) in [6.45, 7) is 6.19. The van der Waals surface area contributed by atoms with E-state index in [-0.39, 0.29) is 0 Å². The average Bonchev–Trinajstić information content (AvgIpc) is 2.61. The maximum atomic E-state index is 5.65. The number of rotatable bonds is 10. The minimum atomic E-state index is 0.422. The first-order chi connectivity index (χ1) is 11.3. The summed E-state index contributed by atoms with van der Waals surface area (Å²) in [6, 6.07) is 19.7. The van der Waals surface area contributed by atoms with Crippen LogP contribution < -0.4 is 10.1 Å². The van der Waals surface area contributed by atoms with E-state index in [2.05, 4.69) is 73.8 Å². The van der Waals surface area contributed by atoms with Crippen molar-refractivity contribution in [3.05, 3.63) is 65.7 Å². The third kappa shape index (κ3) is 6.07. The monoisotopic (exact) mass is 311 g/mol. The van der Waals surface area contributed by atoms with Crippen molar-refractivity contribution in [3.8, 4) is 5.75 Å². The topological polar surface area (TPSA) is 21.3 Å². The SMILES string of the molecule is CCCOc1ccc(C(CC)NCCCc2ccccc2)cc1. The lowest BCUT2D eigenvalue weighted by Gasteiger charge is -2.18. The Hall–Kier alpha value is -1.80. The van der Waals surface area contributed by atoms with E-state index in [1.54, 1.807) is 0 Å². The highest BCUT2D eigenvalue weighted by molar-refractivity contribution is 5.29. The van der Waals surface area contributed by atoms with Crippen LogP contribution in [0.3, 0.4) is 0 Å². The average molecular weight is 311 g/mol. The molecule has 0 aliphatic rings. The van der Waals surface area contributed by atoms with Gasteiger partial charge in [-0.3, -0.25) is 0 Å². The largest absolute Gasteiger partial charge is 0.494 e. The second-order valence-electron chi connectivity index (χ2n) is 5.92. The Morgan fingerprint density at radius 1 is 0.957 bits per heavy atom. The van der Waals surface area contributed by atoms with Crippen LogP contribution >= 0.6 is 0 Å². The molecular formula is C21H29NO. The third-order valence-corrected chi connectivity index (χ3v) is 4.04. The third-order valence-electron chi connectivity index (χ3n) is 4.04. The van der Waals surface area contributed by atoms with E-state index < -0.39 is 0 Å². The quantitative estimate of drug-likeness (QED) is 0.613. The van der Waals surface area contributed by atoms with E-state index in [0.29, 0.717) is 6.04 Å². The van der Waals surface area contributed by atoms with Crippen LogP contribution in [0.4, 0.5) is 0 Å². The Kier molecular flexibility index (Phi) is 7.68. The molecule has 2 nitrogen and oxygen atoms in total. The number of nitrogens with one attached hydrogen (secondary N) is 1. The molecule has 124 valence electrons. The van der Waals surface area contributed by atoms with Crippen LogP contribution in [0.15, 0.2) is 54.6 Å². The van der Waals surface area contributed by atoms with Crippen molar-refractivity contribution in [2.24, 2.45) is 0 Å². The van der Waals surface area contributed by atoms with E-state index in [9.17, 15) is 0 Å². The van der Waals surface area contributed by atoms with Gasteiger partial charge >= 0.3 is 0 Å². The van der Waals surface area contributed by atoms with E-state index in [0.717, 1.165) is 44.6 Å². The van der Waals surface area contributed by atoms with Crippen LogP contribution in [-0.2, 0) is 6.42 Å². The number of aryl methyl sites for hydroxylation is 1. The molecule has 2 aromatic rings. The summed E-state index contributed by atoms with van der Waals surface area (Å²) in [5, 5.41) is 3.68. The van der Waals surface area contributed by atoms with Crippen molar-refractivity contribution in [2.45, 2.75) is 45.6 Å². The summed E-state index contributed by atoms with van der Waals surface area (Å²) in [4.78, 5) is 0. The van der Waals surface area contributed by atoms with Crippen LogP contribution in [0.5, 0.6) is 5.75 Å². The highest BCUT2D eigenvalue weighted by atomic mass is 16.5. The number of hydrogen-bond donors (Lipinski definition) is 1. The molecule has 2 heteroatoms. The minimum absolute atomic E-state index is 0.422. The summed E-state index contributed by atoms with van der Waals surface area (Å²) < 4.78 is 5.65. The van der Waals surface area contributed by atoms with E-state index in [1.807, 2.05) is 0 Å². The lowest BCUT2D eigenvalue weighted by molar-refractivity contribution is 0.317. The molecule has 0 fully saturated rings. The normalized spacial score (nSPS) is 12.1. The van der Waals surface area contributed by atoms with E-state index >= 15 is 0 Å². The smallest absolute Gasteiger partial charge is 0.119 e. The molecule has 2 rings (SSSR count). The molecule has 0 heterocycles. The van der Waals surface area contributed by atoms with Crippen molar-refractivity contribution in [1.82, 2.24) is 5.32 Å². The van der Waals surface area contributed by atoms with Gasteiger partial charge in [-0.05, 0) is 55.5 Å². The van der Waals surface area contributed by atoms with Crippen LogP contribution in [0.1, 0.15) is 50.3 Å². The Labute approximate surface area is 140 Å². The summed E-state index contributed by atoms with van der Waals surface area (Å²) in [7, 11) is 0. The molecule has 1 N–H and O–H groups in total. The van der Waals surface area contributed by atoms with Gasteiger partial charge in [0.1, 0.15) is 5.75 Å². The molecule has 0 aliphatic heterocycles. The molecular weight excluding hydrogens is 282 g/mol. The fourth-order valence-electron chi connectivity index (χ4n) is 2.73. The zero-order valence-corrected chi connectivity index (χ0v) is 14.4. The highest BCUT2D eigenvalue weighted by Crippen LogP contribution is 2.20. The fourth-order valence-corrected chi connectivity index (χ4v) is 2.73. The maximum absolute atomic E-state index is 5.65. The molecule has 0 aliphatic carbocycles. The molecule has 0 spiro atoms. The van der Waals surface area contributed by atoms with Crippen molar-refractivity contribution in [2.75, 3.05) is 13.2 Å². The van der Waals surface area contributed by atoms with Gasteiger partial charge in [0, 0.05) is 6.04 Å². The Morgan fingerprint density at radius 3 is 2.35 bits per heavy atom. The Balaban J connectivity index is 1.77. The number of ether oxygens (including phenoxy) is 1. The van der Waals surface area contributed by atoms with Gasteiger partial charge in [0.25, 0.3) is 0 Å². The van der Waals surface area contributed by atoms with Crippen molar-refractivity contribution < 1.29 is 4.74 Å². The van der Waals surface area contributed by atoms with Gasteiger partial charge in [-0.25, -0.2) is 0 Å². The van der Waals surface area contributed by atoms with Gasteiger partial charge in [0.2, 0.25) is 0 Å². The highest BCUT2D eigenvalue weighted by Gasteiger charge is 2.08. The molecule has 1 unspecified atom stereocenters. The first-order valence-corrected chi connectivity index (χ1v) is 8.83. The number of benzene rings is 2. The molecule has 0 bridgehead atoms. The molecule has 0 saturated heterocycles. The molecule has 0 aromatic heterocycles. The fraction of sp³-hybridized carbons (Fsp3) is 0.429. The van der Waals surface area contributed by atoms with Gasteiger partial charge in [-0.1, -0.05) is 56.3 Å². The summed E-state index contributed by atoms with van der Waals surface area (Å²) in [5.74, 6) is 0.967. The van der Waals surface area contributed by atoms with Crippen LogP contribution in [0, 0.1) is 0 Å². The first kappa shape index (κ1) is 17.6. The Bertz CT molecular complexity index is 536. The standard InChI is InChI=1S/C21H29NO/c1-3-17-23-20-14-12-19(13-15-20)21(4-2)22-16-8-11-18-9-6-5-7-10-18/h5-7,9-10,12-15,21-22H,3-4,8,11,16-17H2,1-2H3. The Morgan fingerprint density at radius 2 is 1.70 bits per heavy atom. The second kappa shape index (κ2) is 10.1. The van der Waals surface area contributed by atoms with Crippen LogP contribution in [0.2, 0.25) is 0 Å². The van der Waals surface area contributed by atoms with Crippen molar-refractivity contribution in [3.63, 3.8) is 0 Å². The predicted octanol–water partition coefficient (Wildman–Crippen LogP) is 5.15. The van der Waals surface area contributed by atoms with Crippen molar-refractivity contribution >= 4 is 0 Å². The molecule has 1 atom stereocenters. The van der Waals surface area contributed by atoms with E-state index in [1.165, 1.54) is 11.1 Å². The summed E-state index contributed by atoms with van der Waals surface area (Å²) >= 11 is 0. The van der Waals surface area contributed by atoms with Gasteiger partial charge in [0.05, 0.1) is 6.61 Å². The predicted molar refractivity (Wildman–Crippen MR) is 98.0 cm³/mol. The first-order valence-electron chi connectivity index (χ1n) is 8.83. The van der Waals surface area contributed by atoms with E-state index in [4.69, 9.17) is 4.74 Å². The number of hydrogen-bond acceptors (Lipinski definition) is 2. The lowest BCUT2D eigenvalue weighted by Crippen LogP contribution is -2.22. The zero-order valence-electron chi connectivity index (χ0n) is 14.4. The maximum Gasteiger partial charge on any atom is 0.119 e. The van der Waals surface area contributed by atoms with Gasteiger partial charge in [0.15, 0.2) is 0 Å². The summed E-state index contributed by atoms with van der Waals surface area (Å²) in [5.41, 5.74) is 2.76. The molecule has 2 aromatic carbocycles. The molecule has 0 amide bonds. The molecule has 0 saturated carbocycles. The minimum Gasteiger partial charge on any atom is -0.494 e. The van der Waals surface area contributed by atoms with Gasteiger partial charge < -0.3 is 10.1 Å². The molecule has 0 radical (unpaired) electrons. The lowest BCUT2D eigenvalue weighted by atomic mass is 10.0. The second-order valence-corrected chi connectivity index (χ2v) is 5.92. The van der Waals surface area contributed by atoms with Gasteiger partial charge in [-0.15, -0.1) is 0 Å². The van der Waals surface area contributed by atoms with Crippen LogP contribution in [-0.4, -0.2) is 13.2 Å². The van der Waals surface area contributed by atoms with Gasteiger partial charge in [-0.2, -0.15) is 0 Å². The molecule has 23 heavy (non-hydrogen) atoms. The zero-order chi connectivity index (χ0) is 16.3. The summed E-state index contributed by atoms with van der Waals surface area (Å²) in [6.07, 6.45) is 4.44. The van der Waals surface area contributed by atoms with Crippen LogP contribution in [0.25, 0.3) is 0 Å². The van der Waals surface area contributed by atoms with Crippen molar-refractivity contribution in [1.29, 1.82) is 0 Å².